The van der Waals surface area contributed by atoms with Crippen molar-refractivity contribution in [3.8, 4) is 17.2 Å². The Balaban J connectivity index is 1.53. The second-order valence-corrected chi connectivity index (χ2v) is 9.49. The average Bonchev–Trinajstić information content (AvgIpc) is 3.46. The van der Waals surface area contributed by atoms with Crippen LogP contribution >= 0.6 is 23.1 Å². The first-order valence-electron chi connectivity index (χ1n) is 9.21. The van der Waals surface area contributed by atoms with E-state index in [1.807, 2.05) is 4.72 Å². The molecule has 0 unspecified atom stereocenters. The highest BCUT2D eigenvalue weighted by molar-refractivity contribution is 7.93. The number of halogens is 3. The molecule has 5 rings (SSSR count). The number of imidazole rings is 1. The minimum absolute atomic E-state index is 0.0863. The van der Waals surface area contributed by atoms with Gasteiger partial charge in [0.05, 0.1) is 11.9 Å². The molecule has 0 aliphatic heterocycles. The molecule has 34 heavy (non-hydrogen) atoms. The van der Waals surface area contributed by atoms with Gasteiger partial charge in [0.2, 0.25) is 5.13 Å². The molecule has 2 aromatic carbocycles. The standard InChI is InChI=1S/C19H10ClF2N7O3S2/c20-10-1-2-15(14(3-10)29-9-26-13-6-23-7-24-18(13)29)32-16-4-12(22)17(5-11(16)21)34(30,31)28-19-25-8-27-33-19/h1-9H,(H,25,27,28). The van der Waals surface area contributed by atoms with Crippen LogP contribution in [-0.2, 0) is 10.0 Å². The Bertz CT molecular complexity index is 1630. The number of rotatable bonds is 6. The Labute approximate surface area is 199 Å². The number of anilines is 1. The molecule has 0 spiro atoms. The normalized spacial score (nSPS) is 11.6. The number of fused-ring (bicyclic) bond motifs is 1. The number of hydrogen-bond acceptors (Lipinski definition) is 9. The van der Waals surface area contributed by atoms with Crippen LogP contribution in [-0.4, -0.2) is 37.3 Å². The summed E-state index contributed by atoms with van der Waals surface area (Å²) in [7, 11) is -4.46. The van der Waals surface area contributed by atoms with E-state index in [0.717, 1.165) is 17.9 Å². The van der Waals surface area contributed by atoms with Gasteiger partial charge in [-0.3, -0.25) is 9.29 Å². The van der Waals surface area contributed by atoms with Crippen molar-refractivity contribution in [3.63, 3.8) is 0 Å². The van der Waals surface area contributed by atoms with Crippen molar-refractivity contribution in [2.45, 2.75) is 4.90 Å². The Morgan fingerprint density at radius 1 is 1.03 bits per heavy atom. The zero-order valence-corrected chi connectivity index (χ0v) is 18.9. The fourth-order valence-corrected chi connectivity index (χ4v) is 4.91. The largest absolute Gasteiger partial charge is 0.452 e. The molecule has 0 aliphatic rings. The van der Waals surface area contributed by atoms with E-state index in [2.05, 4.69) is 24.3 Å². The van der Waals surface area contributed by atoms with Gasteiger partial charge >= 0.3 is 0 Å². The third-order valence-corrected chi connectivity index (χ3v) is 6.77. The molecule has 3 aromatic heterocycles. The van der Waals surface area contributed by atoms with Gasteiger partial charge in [0, 0.05) is 28.7 Å². The molecule has 0 fully saturated rings. The van der Waals surface area contributed by atoms with Gasteiger partial charge in [-0.15, -0.1) is 0 Å². The van der Waals surface area contributed by atoms with Gasteiger partial charge in [0.1, 0.15) is 35.2 Å². The summed E-state index contributed by atoms with van der Waals surface area (Å²) in [5, 5.41) is 0.247. The number of nitrogens with one attached hydrogen (secondary N) is 1. The quantitative estimate of drug-likeness (QED) is 0.352. The van der Waals surface area contributed by atoms with Crippen LogP contribution in [0.5, 0.6) is 11.5 Å². The van der Waals surface area contributed by atoms with Crippen LogP contribution < -0.4 is 9.46 Å². The maximum atomic E-state index is 14.9. The van der Waals surface area contributed by atoms with Gasteiger partial charge in [-0.2, -0.15) is 4.37 Å². The number of nitrogens with zero attached hydrogens (tertiary/aromatic N) is 6. The molecular formula is C19H10ClF2N7O3S2. The van der Waals surface area contributed by atoms with E-state index in [9.17, 15) is 17.2 Å². The zero-order chi connectivity index (χ0) is 23.9. The summed E-state index contributed by atoms with van der Waals surface area (Å²) in [5.74, 6) is -2.80. The summed E-state index contributed by atoms with van der Waals surface area (Å²) < 4.78 is 67.4. The zero-order valence-electron chi connectivity index (χ0n) is 16.6. The smallest absolute Gasteiger partial charge is 0.266 e. The molecule has 0 atom stereocenters. The van der Waals surface area contributed by atoms with E-state index in [0.29, 0.717) is 34.0 Å². The number of ether oxygens (including phenoxy) is 1. The number of aromatic nitrogens is 6. The lowest BCUT2D eigenvalue weighted by Gasteiger charge is -2.14. The molecule has 0 amide bonds. The Kier molecular flexibility index (Phi) is 5.55. The Morgan fingerprint density at radius 3 is 2.68 bits per heavy atom. The summed E-state index contributed by atoms with van der Waals surface area (Å²) in [6.45, 7) is 0. The molecule has 0 saturated carbocycles. The lowest BCUT2D eigenvalue weighted by Crippen LogP contribution is -2.15. The van der Waals surface area contributed by atoms with E-state index in [1.54, 1.807) is 0 Å². The number of sulfonamides is 1. The maximum Gasteiger partial charge on any atom is 0.266 e. The first kappa shape index (κ1) is 22.1. The lowest BCUT2D eigenvalue weighted by atomic mass is 10.2. The third-order valence-electron chi connectivity index (χ3n) is 4.47. The van der Waals surface area contributed by atoms with Gasteiger partial charge in [0.15, 0.2) is 23.0 Å². The summed E-state index contributed by atoms with van der Waals surface area (Å²) in [4.78, 5) is 15.0. The van der Waals surface area contributed by atoms with Gasteiger partial charge in [-0.25, -0.2) is 37.1 Å². The van der Waals surface area contributed by atoms with E-state index in [4.69, 9.17) is 16.3 Å². The molecule has 15 heteroatoms. The van der Waals surface area contributed by atoms with Crippen molar-refractivity contribution < 1.29 is 21.9 Å². The van der Waals surface area contributed by atoms with Crippen LogP contribution in [0.4, 0.5) is 13.9 Å². The molecule has 0 bridgehead atoms. The molecule has 5 aromatic rings. The van der Waals surface area contributed by atoms with Crippen LogP contribution in [0.25, 0.3) is 16.9 Å². The van der Waals surface area contributed by atoms with Crippen LogP contribution in [0.3, 0.4) is 0 Å². The summed E-state index contributed by atoms with van der Waals surface area (Å²) in [6, 6.07) is 5.62. The van der Waals surface area contributed by atoms with Crippen molar-refractivity contribution in [1.29, 1.82) is 0 Å². The average molecular weight is 522 g/mol. The van der Waals surface area contributed by atoms with E-state index in [1.165, 1.54) is 41.6 Å². The van der Waals surface area contributed by atoms with Crippen LogP contribution in [0.15, 0.2) is 60.4 Å². The van der Waals surface area contributed by atoms with E-state index in [-0.39, 0.29) is 10.9 Å². The monoisotopic (exact) mass is 521 g/mol. The summed E-state index contributed by atoms with van der Waals surface area (Å²) >= 11 is 6.88. The summed E-state index contributed by atoms with van der Waals surface area (Å²) in [5.41, 5.74) is 1.25. The van der Waals surface area contributed by atoms with Crippen molar-refractivity contribution in [1.82, 2.24) is 28.9 Å². The minimum Gasteiger partial charge on any atom is -0.452 e. The predicted octanol–water partition coefficient (Wildman–Crippen LogP) is 4.19. The van der Waals surface area contributed by atoms with Crippen molar-refractivity contribution in [2.75, 3.05) is 4.72 Å². The second kappa shape index (κ2) is 8.55. The van der Waals surface area contributed by atoms with Gasteiger partial charge in [0.25, 0.3) is 10.0 Å². The molecule has 3 heterocycles. The highest BCUT2D eigenvalue weighted by Gasteiger charge is 2.24. The Morgan fingerprint density at radius 2 is 1.88 bits per heavy atom. The first-order valence-corrected chi connectivity index (χ1v) is 11.8. The predicted molar refractivity (Wildman–Crippen MR) is 119 cm³/mol. The first-order chi connectivity index (χ1) is 16.3. The number of hydrogen-bond donors (Lipinski definition) is 1. The van der Waals surface area contributed by atoms with Crippen molar-refractivity contribution >= 4 is 49.5 Å². The molecule has 0 aliphatic carbocycles. The molecular weight excluding hydrogens is 512 g/mol. The molecule has 172 valence electrons. The van der Waals surface area contributed by atoms with Crippen molar-refractivity contribution in [2.24, 2.45) is 0 Å². The second-order valence-electron chi connectivity index (χ2n) is 6.63. The van der Waals surface area contributed by atoms with Gasteiger partial charge in [-0.05, 0) is 18.2 Å². The highest BCUT2D eigenvalue weighted by Crippen LogP contribution is 2.35. The van der Waals surface area contributed by atoms with Gasteiger partial charge < -0.3 is 4.74 Å². The lowest BCUT2D eigenvalue weighted by molar-refractivity contribution is 0.430. The van der Waals surface area contributed by atoms with Crippen LogP contribution in [0.2, 0.25) is 5.02 Å². The van der Waals surface area contributed by atoms with Crippen LogP contribution in [0.1, 0.15) is 0 Å². The van der Waals surface area contributed by atoms with E-state index < -0.39 is 32.3 Å². The molecule has 0 saturated heterocycles. The topological polar surface area (TPSA) is 125 Å². The fraction of sp³-hybridized carbons (Fsp3) is 0. The fourth-order valence-electron chi connectivity index (χ4n) is 3.01. The Hall–Kier alpha value is -3.75. The molecule has 10 nitrogen and oxygen atoms in total. The van der Waals surface area contributed by atoms with Gasteiger partial charge in [-0.1, -0.05) is 11.6 Å². The summed E-state index contributed by atoms with van der Waals surface area (Å²) in [6.07, 6.45) is 5.41. The molecule has 1 N–H and O–H groups in total. The number of benzene rings is 2. The third kappa shape index (κ3) is 4.13. The van der Waals surface area contributed by atoms with Crippen molar-refractivity contribution in [3.05, 3.63) is 72.2 Å². The van der Waals surface area contributed by atoms with E-state index >= 15 is 0 Å². The highest BCUT2D eigenvalue weighted by atomic mass is 35.5. The van der Waals surface area contributed by atoms with Crippen LogP contribution in [0, 0.1) is 11.6 Å². The molecule has 0 radical (unpaired) electrons. The maximum absolute atomic E-state index is 14.9. The SMILES string of the molecule is O=S(=O)(Nc1ncns1)c1cc(F)c(Oc2ccc(Cl)cc2-n2cnc3cncnc32)cc1F. The minimum atomic E-state index is -4.46.